The molecular weight excluding hydrogens is 391 g/mol. The van der Waals surface area contributed by atoms with Crippen molar-refractivity contribution in [3.63, 3.8) is 0 Å². The van der Waals surface area contributed by atoms with Crippen molar-refractivity contribution in [1.82, 2.24) is 0 Å². The van der Waals surface area contributed by atoms with Gasteiger partial charge in [-0.15, -0.1) is 0 Å². The largest absolute Gasteiger partial charge is 0.207 e. The number of hydrogen-bond acceptors (Lipinski definition) is 0. The lowest BCUT2D eigenvalue weighted by Crippen LogP contribution is -2.10. The van der Waals surface area contributed by atoms with E-state index < -0.39 is 0 Å². The molecule has 0 spiro atoms. The van der Waals surface area contributed by atoms with E-state index in [9.17, 15) is 4.39 Å². The number of halogens is 1. The predicted molar refractivity (Wildman–Crippen MR) is 134 cm³/mol. The number of rotatable bonds is 7. The second-order valence-electron chi connectivity index (χ2n) is 8.87. The third-order valence-corrected chi connectivity index (χ3v) is 6.39. The Morgan fingerprint density at radius 1 is 0.625 bits per heavy atom. The van der Waals surface area contributed by atoms with Crippen LogP contribution in [0.15, 0.2) is 103 Å². The molecule has 4 rings (SSSR count). The highest BCUT2D eigenvalue weighted by Gasteiger charge is 2.22. The van der Waals surface area contributed by atoms with Crippen LogP contribution >= 0.6 is 0 Å². The molecule has 0 aliphatic rings. The van der Waals surface area contributed by atoms with Gasteiger partial charge in [0.25, 0.3) is 0 Å². The van der Waals surface area contributed by atoms with Gasteiger partial charge in [-0.2, -0.15) is 0 Å². The predicted octanol–water partition coefficient (Wildman–Crippen LogP) is 8.82. The van der Waals surface area contributed by atoms with Crippen LogP contribution in [0, 0.1) is 11.7 Å². The molecular formula is C31H31F. The quantitative estimate of drug-likeness (QED) is 0.279. The topological polar surface area (TPSA) is 0 Å². The molecule has 1 heteroatoms. The zero-order valence-corrected chi connectivity index (χ0v) is 19.1. The molecule has 0 saturated carbocycles. The molecule has 32 heavy (non-hydrogen) atoms. The van der Waals surface area contributed by atoms with Crippen LogP contribution in [0.25, 0.3) is 11.1 Å². The summed E-state index contributed by atoms with van der Waals surface area (Å²) in [6.07, 6.45) is 1.05. The van der Waals surface area contributed by atoms with Crippen LogP contribution < -0.4 is 0 Å². The van der Waals surface area contributed by atoms with Crippen LogP contribution in [0.4, 0.5) is 4.39 Å². The van der Waals surface area contributed by atoms with Gasteiger partial charge in [-0.1, -0.05) is 118 Å². The Morgan fingerprint density at radius 3 is 1.81 bits per heavy atom. The first-order valence-corrected chi connectivity index (χ1v) is 11.6. The molecule has 0 nitrogen and oxygen atoms in total. The maximum atomic E-state index is 14.7. The lowest BCUT2D eigenvalue weighted by molar-refractivity contribution is 0.524. The van der Waals surface area contributed by atoms with E-state index in [1.54, 1.807) is 12.1 Å². The maximum absolute atomic E-state index is 14.7. The SMILES string of the molecule is CCC(c1ccccc1)c1cccc(-c2cccc(C(c3ccccc3F)C(C)C)c2)c1. The summed E-state index contributed by atoms with van der Waals surface area (Å²) in [5, 5.41) is 0. The van der Waals surface area contributed by atoms with Crippen LogP contribution in [0.2, 0.25) is 0 Å². The summed E-state index contributed by atoms with van der Waals surface area (Å²) in [7, 11) is 0. The molecule has 0 saturated heterocycles. The smallest absolute Gasteiger partial charge is 0.127 e. The Morgan fingerprint density at radius 2 is 1.19 bits per heavy atom. The van der Waals surface area contributed by atoms with Crippen molar-refractivity contribution in [1.29, 1.82) is 0 Å². The molecule has 0 aromatic heterocycles. The summed E-state index contributed by atoms with van der Waals surface area (Å²) in [6.45, 7) is 6.57. The van der Waals surface area contributed by atoms with Gasteiger partial charge in [0.15, 0.2) is 0 Å². The molecule has 0 radical (unpaired) electrons. The van der Waals surface area contributed by atoms with E-state index in [-0.39, 0.29) is 17.7 Å². The molecule has 2 unspecified atom stereocenters. The Balaban J connectivity index is 1.72. The first kappa shape index (κ1) is 22.0. The fraction of sp³-hybridized carbons (Fsp3) is 0.226. The minimum Gasteiger partial charge on any atom is -0.207 e. The van der Waals surface area contributed by atoms with Gasteiger partial charge < -0.3 is 0 Å². The summed E-state index contributed by atoms with van der Waals surface area (Å²) < 4.78 is 14.7. The lowest BCUT2D eigenvalue weighted by Gasteiger charge is -2.23. The zero-order valence-electron chi connectivity index (χ0n) is 19.1. The van der Waals surface area contributed by atoms with Crippen molar-refractivity contribution >= 4 is 0 Å². The molecule has 4 aromatic rings. The van der Waals surface area contributed by atoms with E-state index in [1.807, 2.05) is 12.1 Å². The van der Waals surface area contributed by atoms with E-state index in [0.29, 0.717) is 5.92 Å². The van der Waals surface area contributed by atoms with Crippen molar-refractivity contribution in [2.75, 3.05) is 0 Å². The minimum atomic E-state index is -0.132. The van der Waals surface area contributed by atoms with Crippen molar-refractivity contribution < 1.29 is 4.39 Å². The molecule has 0 fully saturated rings. The summed E-state index contributed by atoms with van der Waals surface area (Å²) in [5.74, 6) is 0.552. The molecule has 0 aliphatic carbocycles. The highest BCUT2D eigenvalue weighted by molar-refractivity contribution is 5.66. The third-order valence-electron chi connectivity index (χ3n) is 6.39. The van der Waals surface area contributed by atoms with Gasteiger partial charge in [-0.3, -0.25) is 0 Å². The van der Waals surface area contributed by atoms with Crippen molar-refractivity contribution in [2.45, 2.75) is 39.0 Å². The Kier molecular flexibility index (Phi) is 6.85. The number of hydrogen-bond donors (Lipinski definition) is 0. The molecule has 0 heterocycles. The molecule has 0 N–H and O–H groups in total. The van der Waals surface area contributed by atoms with Gasteiger partial charge in [0.1, 0.15) is 5.82 Å². The summed E-state index contributed by atoms with van der Waals surface area (Å²) in [6, 6.07) is 35.4. The van der Waals surface area contributed by atoms with Crippen LogP contribution in [-0.2, 0) is 0 Å². The lowest BCUT2D eigenvalue weighted by atomic mass is 9.81. The zero-order chi connectivity index (χ0) is 22.5. The van der Waals surface area contributed by atoms with Crippen LogP contribution in [-0.4, -0.2) is 0 Å². The van der Waals surface area contributed by atoms with Crippen LogP contribution in [0.3, 0.4) is 0 Å². The molecule has 2 atom stereocenters. The van der Waals surface area contributed by atoms with Gasteiger partial charge >= 0.3 is 0 Å². The average Bonchev–Trinajstić information content (AvgIpc) is 2.82. The highest BCUT2D eigenvalue weighted by Crippen LogP contribution is 2.36. The number of benzene rings is 4. The van der Waals surface area contributed by atoms with Gasteiger partial charge in [-0.25, -0.2) is 4.39 Å². The first-order chi connectivity index (χ1) is 15.6. The third kappa shape index (κ3) is 4.67. The second-order valence-corrected chi connectivity index (χ2v) is 8.87. The summed E-state index contributed by atoms with van der Waals surface area (Å²) in [5.41, 5.74) is 6.98. The van der Waals surface area contributed by atoms with Gasteiger partial charge in [-0.05, 0) is 51.8 Å². The van der Waals surface area contributed by atoms with Crippen LogP contribution in [0.1, 0.15) is 61.3 Å². The molecule has 162 valence electrons. The maximum Gasteiger partial charge on any atom is 0.127 e. The Bertz CT molecular complexity index is 1160. The fourth-order valence-electron chi connectivity index (χ4n) is 4.85. The van der Waals surface area contributed by atoms with Gasteiger partial charge in [0, 0.05) is 11.8 Å². The molecule has 0 aliphatic heterocycles. The Hall–Kier alpha value is -3.19. The normalized spacial score (nSPS) is 13.2. The molecule has 4 aromatic carbocycles. The van der Waals surface area contributed by atoms with Gasteiger partial charge in [0.05, 0.1) is 0 Å². The van der Waals surface area contributed by atoms with E-state index in [4.69, 9.17) is 0 Å². The summed E-state index contributed by atoms with van der Waals surface area (Å²) in [4.78, 5) is 0. The van der Waals surface area contributed by atoms with Crippen molar-refractivity contribution in [2.24, 2.45) is 5.92 Å². The van der Waals surface area contributed by atoms with E-state index in [1.165, 1.54) is 22.3 Å². The van der Waals surface area contributed by atoms with Crippen LogP contribution in [0.5, 0.6) is 0 Å². The standard InChI is InChI=1S/C31H31F/c1-4-28(23-12-6-5-7-13-23)26-16-10-14-24(20-26)25-15-11-17-27(21-25)31(22(2)3)29-18-8-9-19-30(29)32/h5-22,28,31H,4H2,1-3H3. The average molecular weight is 423 g/mol. The Labute approximate surface area is 191 Å². The minimum absolute atomic E-state index is 0.0204. The summed E-state index contributed by atoms with van der Waals surface area (Å²) >= 11 is 0. The van der Waals surface area contributed by atoms with Crippen molar-refractivity contribution in [3.8, 4) is 11.1 Å². The van der Waals surface area contributed by atoms with Crippen molar-refractivity contribution in [3.05, 3.63) is 131 Å². The molecule has 0 amide bonds. The van der Waals surface area contributed by atoms with E-state index >= 15 is 0 Å². The van der Waals surface area contributed by atoms with E-state index in [0.717, 1.165) is 17.5 Å². The first-order valence-electron chi connectivity index (χ1n) is 11.6. The monoisotopic (exact) mass is 422 g/mol. The van der Waals surface area contributed by atoms with E-state index in [2.05, 4.69) is 99.6 Å². The van der Waals surface area contributed by atoms with Gasteiger partial charge in [0.2, 0.25) is 0 Å². The highest BCUT2D eigenvalue weighted by atomic mass is 19.1. The fourth-order valence-corrected chi connectivity index (χ4v) is 4.85. The molecule has 0 bridgehead atoms. The second kappa shape index (κ2) is 9.96.